The maximum Gasteiger partial charge on any atom is 0.255 e. The van der Waals surface area contributed by atoms with Gasteiger partial charge in [-0.25, -0.2) is 0 Å². The Morgan fingerprint density at radius 2 is 2.33 bits per heavy atom. The molecule has 1 fully saturated rings. The van der Waals surface area contributed by atoms with Gasteiger partial charge in [0, 0.05) is 37.4 Å². The first kappa shape index (κ1) is 15.9. The van der Waals surface area contributed by atoms with Crippen LogP contribution in [-0.2, 0) is 0 Å². The van der Waals surface area contributed by atoms with Gasteiger partial charge < -0.3 is 10.2 Å². The van der Waals surface area contributed by atoms with Crippen molar-refractivity contribution in [2.24, 2.45) is 0 Å². The Hall–Kier alpha value is -1.43. The van der Waals surface area contributed by atoms with Crippen LogP contribution in [0.3, 0.4) is 0 Å². The molecule has 4 nitrogen and oxygen atoms in total. The van der Waals surface area contributed by atoms with Crippen LogP contribution in [0.2, 0.25) is 0 Å². The number of carbonyl (C=O) groups excluding carboxylic acids is 1. The highest BCUT2D eigenvalue weighted by Crippen LogP contribution is 2.25. The molecule has 0 radical (unpaired) electrons. The summed E-state index contributed by atoms with van der Waals surface area (Å²) in [6.07, 6.45) is 3.60. The summed E-state index contributed by atoms with van der Waals surface area (Å²) in [7, 11) is 0. The molecule has 1 atom stereocenters. The van der Waals surface area contributed by atoms with Crippen molar-refractivity contribution in [3.63, 3.8) is 0 Å². The number of carbonyl (C=O) groups is 1. The molecule has 3 heterocycles. The number of hydrogen-bond donors (Lipinski definition) is 1. The van der Waals surface area contributed by atoms with Crippen molar-refractivity contribution in [1.82, 2.24) is 15.2 Å². The van der Waals surface area contributed by atoms with Crippen LogP contribution in [0, 0.1) is 6.92 Å². The Morgan fingerprint density at radius 1 is 1.48 bits per heavy atom. The molecule has 0 aromatic carbocycles. The summed E-state index contributed by atoms with van der Waals surface area (Å²) >= 11 is 1.58. The molecule has 1 aliphatic heterocycles. The topological polar surface area (TPSA) is 45.2 Å². The van der Waals surface area contributed by atoms with E-state index in [1.807, 2.05) is 40.9 Å². The molecule has 1 unspecified atom stereocenters. The van der Waals surface area contributed by atoms with Crippen LogP contribution in [-0.4, -0.2) is 35.4 Å². The number of rotatable bonds is 2. The zero-order chi connectivity index (χ0) is 13.9. The Morgan fingerprint density at radius 3 is 3.00 bits per heavy atom. The highest BCUT2D eigenvalue weighted by molar-refractivity contribution is 7.08. The highest BCUT2D eigenvalue weighted by Gasteiger charge is 2.29. The van der Waals surface area contributed by atoms with Crippen LogP contribution >= 0.6 is 23.7 Å². The van der Waals surface area contributed by atoms with Crippen LogP contribution in [0.1, 0.15) is 27.5 Å². The van der Waals surface area contributed by atoms with Crippen LogP contribution in [0.25, 0.3) is 0 Å². The van der Waals surface area contributed by atoms with Gasteiger partial charge in [0.05, 0.1) is 11.6 Å². The lowest BCUT2D eigenvalue weighted by Crippen LogP contribution is -2.48. The van der Waals surface area contributed by atoms with Gasteiger partial charge in [0.15, 0.2) is 0 Å². The van der Waals surface area contributed by atoms with Gasteiger partial charge in [-0.15, -0.1) is 12.4 Å². The molecule has 1 saturated heterocycles. The summed E-state index contributed by atoms with van der Waals surface area (Å²) in [4.78, 5) is 18.9. The second-order valence-corrected chi connectivity index (χ2v) is 5.72. The number of nitrogens with one attached hydrogen (secondary N) is 1. The van der Waals surface area contributed by atoms with Gasteiger partial charge in [-0.05, 0) is 29.5 Å². The number of thiophene rings is 1. The van der Waals surface area contributed by atoms with Gasteiger partial charge in [-0.1, -0.05) is 6.07 Å². The number of hydrogen-bond acceptors (Lipinski definition) is 4. The molecule has 3 rings (SSSR count). The zero-order valence-corrected chi connectivity index (χ0v) is 13.4. The lowest BCUT2D eigenvalue weighted by molar-refractivity contribution is 0.0634. The number of halogens is 1. The van der Waals surface area contributed by atoms with Crippen LogP contribution in [0.5, 0.6) is 0 Å². The van der Waals surface area contributed by atoms with Crippen molar-refractivity contribution >= 4 is 29.7 Å². The minimum absolute atomic E-state index is 0. The van der Waals surface area contributed by atoms with E-state index in [-0.39, 0.29) is 24.4 Å². The van der Waals surface area contributed by atoms with Crippen LogP contribution < -0.4 is 5.32 Å². The summed E-state index contributed by atoms with van der Waals surface area (Å²) in [6, 6.07) is 4.01. The molecule has 6 heteroatoms. The summed E-state index contributed by atoms with van der Waals surface area (Å²) in [5.41, 5.74) is 2.97. The van der Waals surface area contributed by atoms with Gasteiger partial charge in [-0.2, -0.15) is 11.3 Å². The van der Waals surface area contributed by atoms with E-state index in [0.29, 0.717) is 0 Å². The second kappa shape index (κ2) is 7.02. The number of aromatic nitrogens is 1. The second-order valence-electron chi connectivity index (χ2n) is 4.97. The quantitative estimate of drug-likeness (QED) is 0.924. The minimum Gasteiger partial charge on any atom is -0.329 e. The molecule has 0 aliphatic carbocycles. The molecule has 0 spiro atoms. The number of piperazine rings is 1. The fourth-order valence-corrected chi connectivity index (χ4v) is 3.37. The summed E-state index contributed by atoms with van der Waals surface area (Å²) in [6.45, 7) is 4.34. The average molecular weight is 324 g/mol. The van der Waals surface area contributed by atoms with Gasteiger partial charge >= 0.3 is 0 Å². The number of pyridine rings is 1. The first-order valence-electron chi connectivity index (χ1n) is 6.72. The molecule has 21 heavy (non-hydrogen) atoms. The van der Waals surface area contributed by atoms with E-state index >= 15 is 0 Å². The fraction of sp³-hybridized carbons (Fsp3) is 0.333. The van der Waals surface area contributed by atoms with E-state index in [9.17, 15) is 4.79 Å². The third-order valence-electron chi connectivity index (χ3n) is 3.66. The summed E-state index contributed by atoms with van der Waals surface area (Å²) in [5.74, 6) is 0.124. The van der Waals surface area contributed by atoms with Crippen molar-refractivity contribution in [3.8, 4) is 0 Å². The van der Waals surface area contributed by atoms with E-state index in [1.54, 1.807) is 17.5 Å². The predicted molar refractivity (Wildman–Crippen MR) is 87.2 cm³/mol. The molecule has 1 N–H and O–H groups in total. The molecule has 0 bridgehead atoms. The van der Waals surface area contributed by atoms with Crippen LogP contribution in [0.4, 0.5) is 0 Å². The minimum atomic E-state index is 0. The first-order chi connectivity index (χ1) is 9.77. The molecular formula is C15H18ClN3OS. The predicted octanol–water partition coefficient (Wildman–Crippen LogP) is 2.66. The summed E-state index contributed by atoms with van der Waals surface area (Å²) < 4.78 is 0. The van der Waals surface area contributed by atoms with Gasteiger partial charge in [-0.3, -0.25) is 9.78 Å². The molecule has 112 valence electrons. The van der Waals surface area contributed by atoms with Crippen molar-refractivity contribution in [1.29, 1.82) is 0 Å². The highest BCUT2D eigenvalue weighted by atomic mass is 35.5. The Kier molecular flexibility index (Phi) is 5.33. The van der Waals surface area contributed by atoms with E-state index < -0.39 is 0 Å². The average Bonchev–Trinajstić information content (AvgIpc) is 2.93. The first-order valence-corrected chi connectivity index (χ1v) is 7.66. The van der Waals surface area contributed by atoms with Crippen molar-refractivity contribution in [2.75, 3.05) is 19.6 Å². The smallest absolute Gasteiger partial charge is 0.255 e. The summed E-state index contributed by atoms with van der Waals surface area (Å²) in [5, 5.41) is 7.33. The largest absolute Gasteiger partial charge is 0.329 e. The van der Waals surface area contributed by atoms with Gasteiger partial charge in [0.2, 0.25) is 0 Å². The third kappa shape index (κ3) is 3.26. The number of aryl methyl sites for hydroxylation is 1. The van der Waals surface area contributed by atoms with E-state index in [4.69, 9.17) is 0 Å². The SMILES string of the molecule is Cc1cscc1C(=O)N1CCNCC1c1cccnc1.Cl. The van der Waals surface area contributed by atoms with Gasteiger partial charge in [0.25, 0.3) is 5.91 Å². The standard InChI is InChI=1S/C15H17N3OS.ClH/c1-11-9-20-10-13(11)15(19)18-6-5-17-8-14(18)12-3-2-4-16-7-12;/h2-4,7,9-10,14,17H,5-6,8H2,1H3;1H. The van der Waals surface area contributed by atoms with Crippen molar-refractivity contribution in [3.05, 3.63) is 52.0 Å². The third-order valence-corrected chi connectivity index (χ3v) is 4.52. The Labute approximate surface area is 134 Å². The molecule has 1 aliphatic rings. The Bertz CT molecular complexity index is 602. The molecule has 0 saturated carbocycles. The fourth-order valence-electron chi connectivity index (χ4n) is 2.55. The van der Waals surface area contributed by atoms with E-state index in [1.165, 1.54) is 0 Å². The lowest BCUT2D eigenvalue weighted by Gasteiger charge is -2.36. The monoisotopic (exact) mass is 323 g/mol. The van der Waals surface area contributed by atoms with Crippen LogP contribution in [0.15, 0.2) is 35.3 Å². The normalized spacial score (nSPS) is 18.1. The maximum absolute atomic E-state index is 12.7. The number of amides is 1. The van der Waals surface area contributed by atoms with E-state index in [2.05, 4.69) is 10.3 Å². The molecule has 2 aromatic heterocycles. The van der Waals surface area contributed by atoms with Crippen molar-refractivity contribution in [2.45, 2.75) is 13.0 Å². The zero-order valence-electron chi connectivity index (χ0n) is 11.8. The molecular weight excluding hydrogens is 306 g/mol. The lowest BCUT2D eigenvalue weighted by atomic mass is 10.0. The van der Waals surface area contributed by atoms with Gasteiger partial charge in [0.1, 0.15) is 0 Å². The van der Waals surface area contributed by atoms with Crippen molar-refractivity contribution < 1.29 is 4.79 Å². The van der Waals surface area contributed by atoms with E-state index in [0.717, 1.165) is 36.3 Å². The molecule has 1 amide bonds. The Balaban J connectivity index is 0.00000161. The number of nitrogens with zero attached hydrogens (tertiary/aromatic N) is 2. The maximum atomic E-state index is 12.7. The molecule has 2 aromatic rings.